The number of urea groups is 1. The number of likely N-dealkylation sites (tertiary alicyclic amines) is 1. The lowest BCUT2D eigenvalue weighted by Crippen LogP contribution is -2.64. The van der Waals surface area contributed by atoms with Gasteiger partial charge in [0, 0.05) is 56.7 Å². The van der Waals surface area contributed by atoms with Gasteiger partial charge in [-0.1, -0.05) is 6.07 Å². The highest BCUT2D eigenvalue weighted by molar-refractivity contribution is 5.90. The maximum Gasteiger partial charge on any atom is 0.573 e. The van der Waals surface area contributed by atoms with Crippen LogP contribution in [0.5, 0.6) is 5.75 Å². The number of alkyl halides is 6. The molecule has 4 rings (SSSR count). The molecule has 0 saturated carbocycles. The van der Waals surface area contributed by atoms with Crippen molar-refractivity contribution in [3.05, 3.63) is 54.1 Å². The van der Waals surface area contributed by atoms with Crippen molar-refractivity contribution >= 4 is 17.4 Å². The standard InChI is InChI=1S/C22H22F6N4O2/c23-21(24,25)15-2-1-3-16(12-15)29-20(33)32-13-18(14-32)31-10-8-30(9-11-31)17-4-6-19(7-5-17)34-22(26,27)28/h1-7,12,18H,8-11,13-14H2,(H,29,33). The number of benzene rings is 2. The average molecular weight is 488 g/mol. The van der Waals surface area contributed by atoms with Crippen molar-refractivity contribution < 1.29 is 35.9 Å². The van der Waals surface area contributed by atoms with Gasteiger partial charge in [-0.3, -0.25) is 4.90 Å². The lowest BCUT2D eigenvalue weighted by molar-refractivity contribution is -0.274. The van der Waals surface area contributed by atoms with E-state index in [4.69, 9.17) is 0 Å². The molecular weight excluding hydrogens is 466 g/mol. The molecule has 2 amide bonds. The van der Waals surface area contributed by atoms with Crippen LogP contribution in [0.1, 0.15) is 5.56 Å². The minimum absolute atomic E-state index is 0.0866. The van der Waals surface area contributed by atoms with Crippen molar-refractivity contribution in [3.63, 3.8) is 0 Å². The maximum absolute atomic E-state index is 12.8. The van der Waals surface area contributed by atoms with Crippen molar-refractivity contribution in [1.29, 1.82) is 0 Å². The Kier molecular flexibility index (Phi) is 6.52. The first-order chi connectivity index (χ1) is 16.0. The number of hydrogen-bond acceptors (Lipinski definition) is 4. The topological polar surface area (TPSA) is 48.1 Å². The normalized spacial score (nSPS) is 17.9. The minimum atomic E-state index is -4.73. The summed E-state index contributed by atoms with van der Waals surface area (Å²) >= 11 is 0. The van der Waals surface area contributed by atoms with Crippen LogP contribution in [0.25, 0.3) is 0 Å². The van der Waals surface area contributed by atoms with E-state index in [9.17, 15) is 31.1 Å². The van der Waals surface area contributed by atoms with E-state index in [1.165, 1.54) is 29.2 Å². The van der Waals surface area contributed by atoms with Crippen molar-refractivity contribution in [3.8, 4) is 5.75 Å². The minimum Gasteiger partial charge on any atom is -0.406 e. The Hall–Kier alpha value is -3.15. The molecule has 0 spiro atoms. The fraction of sp³-hybridized carbons (Fsp3) is 0.409. The molecule has 2 aromatic rings. The second-order valence-electron chi connectivity index (χ2n) is 8.13. The first-order valence-corrected chi connectivity index (χ1v) is 10.6. The third kappa shape index (κ3) is 5.85. The van der Waals surface area contributed by atoms with Gasteiger partial charge in [-0.2, -0.15) is 13.2 Å². The molecule has 34 heavy (non-hydrogen) atoms. The van der Waals surface area contributed by atoms with Gasteiger partial charge in [0.25, 0.3) is 0 Å². The number of hydrogen-bond donors (Lipinski definition) is 1. The molecule has 2 fully saturated rings. The number of amides is 2. The van der Waals surface area contributed by atoms with Crippen LogP contribution in [0.2, 0.25) is 0 Å². The van der Waals surface area contributed by atoms with Crippen LogP contribution in [0.4, 0.5) is 42.5 Å². The third-order valence-electron chi connectivity index (χ3n) is 5.86. The molecular formula is C22H22F6N4O2. The number of ether oxygens (including phenoxy) is 1. The van der Waals surface area contributed by atoms with Gasteiger partial charge in [-0.15, -0.1) is 13.2 Å². The van der Waals surface area contributed by atoms with Crippen molar-refractivity contribution in [2.45, 2.75) is 18.6 Å². The predicted octanol–water partition coefficient (Wildman–Crippen LogP) is 4.64. The second kappa shape index (κ2) is 9.24. The lowest BCUT2D eigenvalue weighted by Gasteiger charge is -2.48. The summed E-state index contributed by atoms with van der Waals surface area (Å²) in [6.45, 7) is 3.71. The van der Waals surface area contributed by atoms with E-state index >= 15 is 0 Å². The van der Waals surface area contributed by atoms with Crippen molar-refractivity contribution in [2.75, 3.05) is 49.5 Å². The van der Waals surface area contributed by atoms with Crippen LogP contribution < -0.4 is 15.0 Å². The highest BCUT2D eigenvalue weighted by Crippen LogP contribution is 2.31. The third-order valence-corrected chi connectivity index (χ3v) is 5.86. The van der Waals surface area contributed by atoms with Gasteiger partial charge in [0.15, 0.2) is 0 Å². The van der Waals surface area contributed by atoms with Gasteiger partial charge in [-0.05, 0) is 42.5 Å². The Morgan fingerprint density at radius 3 is 2.15 bits per heavy atom. The Labute approximate surface area is 191 Å². The molecule has 0 unspecified atom stereocenters. The van der Waals surface area contributed by atoms with Gasteiger partial charge in [0.2, 0.25) is 0 Å². The maximum atomic E-state index is 12.8. The molecule has 0 aliphatic carbocycles. The van der Waals surface area contributed by atoms with Gasteiger partial charge in [0.05, 0.1) is 5.56 Å². The molecule has 6 nitrogen and oxygen atoms in total. The predicted molar refractivity (Wildman–Crippen MR) is 113 cm³/mol. The number of nitrogens with one attached hydrogen (secondary N) is 1. The molecule has 2 saturated heterocycles. The largest absolute Gasteiger partial charge is 0.573 e. The van der Waals surface area contributed by atoms with Crippen LogP contribution in [0.3, 0.4) is 0 Å². The summed E-state index contributed by atoms with van der Waals surface area (Å²) in [5, 5.41) is 2.51. The Balaban J connectivity index is 1.22. The Bertz CT molecular complexity index is 998. The van der Waals surface area contributed by atoms with E-state index in [1.807, 2.05) is 0 Å². The smallest absolute Gasteiger partial charge is 0.406 e. The van der Waals surface area contributed by atoms with Crippen LogP contribution in [0, 0.1) is 0 Å². The lowest BCUT2D eigenvalue weighted by atomic mass is 10.1. The van der Waals surface area contributed by atoms with Crippen molar-refractivity contribution in [1.82, 2.24) is 9.80 Å². The summed E-state index contributed by atoms with van der Waals surface area (Å²) in [4.78, 5) is 18.2. The number of nitrogens with zero attached hydrogens (tertiary/aromatic N) is 3. The van der Waals surface area contributed by atoms with E-state index < -0.39 is 24.1 Å². The first-order valence-electron chi connectivity index (χ1n) is 10.6. The van der Waals surface area contributed by atoms with E-state index in [2.05, 4.69) is 19.9 Å². The monoisotopic (exact) mass is 488 g/mol. The number of carbonyl (C=O) groups is 1. The molecule has 12 heteroatoms. The second-order valence-corrected chi connectivity index (χ2v) is 8.13. The average Bonchev–Trinajstić information content (AvgIpc) is 2.72. The van der Waals surface area contributed by atoms with Crippen molar-refractivity contribution in [2.24, 2.45) is 0 Å². The van der Waals surface area contributed by atoms with E-state index in [1.54, 1.807) is 12.1 Å². The highest BCUT2D eigenvalue weighted by atomic mass is 19.4. The van der Waals surface area contributed by atoms with Gasteiger partial charge < -0.3 is 19.9 Å². The van der Waals surface area contributed by atoms with Crippen LogP contribution >= 0.6 is 0 Å². The fourth-order valence-electron chi connectivity index (χ4n) is 4.03. The Morgan fingerprint density at radius 1 is 0.912 bits per heavy atom. The molecule has 184 valence electrons. The number of piperazine rings is 1. The zero-order valence-corrected chi connectivity index (χ0v) is 17.9. The quantitative estimate of drug-likeness (QED) is 0.638. The highest BCUT2D eigenvalue weighted by Gasteiger charge is 2.37. The molecule has 2 heterocycles. The zero-order chi connectivity index (χ0) is 24.5. The molecule has 0 radical (unpaired) electrons. The van der Waals surface area contributed by atoms with E-state index in [0.29, 0.717) is 39.3 Å². The number of rotatable bonds is 4. The summed E-state index contributed by atoms with van der Waals surface area (Å²) in [7, 11) is 0. The molecule has 1 N–H and O–H groups in total. The Morgan fingerprint density at radius 2 is 1.56 bits per heavy atom. The van der Waals surface area contributed by atoms with Gasteiger partial charge in [-0.25, -0.2) is 4.79 Å². The fourth-order valence-corrected chi connectivity index (χ4v) is 4.03. The molecule has 0 atom stereocenters. The van der Waals surface area contributed by atoms with E-state index in [0.717, 1.165) is 17.8 Å². The molecule has 2 aliphatic rings. The van der Waals surface area contributed by atoms with Gasteiger partial charge >= 0.3 is 18.6 Å². The number of halogens is 6. The number of anilines is 2. The summed E-state index contributed by atoms with van der Waals surface area (Å²) in [5.74, 6) is -0.271. The molecule has 2 aromatic carbocycles. The van der Waals surface area contributed by atoms with Crippen LogP contribution in [-0.4, -0.2) is 67.5 Å². The number of carbonyl (C=O) groups excluding carboxylic acids is 1. The summed E-state index contributed by atoms with van der Waals surface area (Å²) in [6, 6.07) is 9.92. The molecule has 0 aromatic heterocycles. The SMILES string of the molecule is O=C(Nc1cccc(C(F)(F)F)c1)N1CC(N2CCN(c3ccc(OC(F)(F)F)cc3)CC2)C1. The van der Waals surface area contributed by atoms with Crippen LogP contribution in [-0.2, 0) is 6.18 Å². The summed E-state index contributed by atoms with van der Waals surface area (Å²) < 4.78 is 79.3. The molecule has 2 aliphatic heterocycles. The summed E-state index contributed by atoms with van der Waals surface area (Å²) in [6.07, 6.45) is -9.21. The van der Waals surface area contributed by atoms with Crippen LogP contribution in [0.15, 0.2) is 48.5 Å². The zero-order valence-electron chi connectivity index (χ0n) is 17.9. The van der Waals surface area contributed by atoms with E-state index in [-0.39, 0.29) is 17.5 Å². The summed E-state index contributed by atoms with van der Waals surface area (Å²) in [5.41, 5.74) is 0.0561. The first kappa shape index (κ1) is 24.0. The molecule has 0 bridgehead atoms. The van der Waals surface area contributed by atoms with Gasteiger partial charge in [0.1, 0.15) is 5.75 Å².